The van der Waals surface area contributed by atoms with Gasteiger partial charge in [0.15, 0.2) is 6.29 Å². The van der Waals surface area contributed by atoms with Crippen molar-refractivity contribution in [3.63, 3.8) is 0 Å². The van der Waals surface area contributed by atoms with Gasteiger partial charge in [-0.15, -0.1) is 0 Å². The molecule has 1 heterocycles. The number of rotatable bonds is 7. The number of hydrogen-bond donors (Lipinski definition) is 1. The summed E-state index contributed by atoms with van der Waals surface area (Å²) in [5, 5.41) is 3.75. The van der Waals surface area contributed by atoms with Gasteiger partial charge in [-0.3, -0.25) is 0 Å². The van der Waals surface area contributed by atoms with Gasteiger partial charge in [-0.1, -0.05) is 64.1 Å². The molecule has 0 amide bonds. The van der Waals surface area contributed by atoms with Crippen molar-refractivity contribution in [2.75, 3.05) is 13.2 Å². The van der Waals surface area contributed by atoms with Crippen LogP contribution < -0.4 is 10.1 Å². The first-order chi connectivity index (χ1) is 13.2. The third-order valence-corrected chi connectivity index (χ3v) is 6.41. The molecule has 3 unspecified atom stereocenters. The van der Waals surface area contributed by atoms with Gasteiger partial charge in [0.25, 0.3) is 0 Å². The van der Waals surface area contributed by atoms with Crippen LogP contribution in [0, 0.1) is 5.41 Å². The Morgan fingerprint density at radius 1 is 1.07 bits per heavy atom. The maximum absolute atomic E-state index is 6.07. The van der Waals surface area contributed by atoms with Crippen molar-refractivity contribution in [3.05, 3.63) is 65.2 Å². The molecular formula is C25H33NO2. The van der Waals surface area contributed by atoms with Gasteiger partial charge in [0.05, 0.1) is 12.1 Å². The van der Waals surface area contributed by atoms with E-state index in [9.17, 15) is 0 Å². The maximum Gasteiger partial charge on any atom is 0.196 e. The summed E-state index contributed by atoms with van der Waals surface area (Å²) in [5.41, 5.74) is 4.81. The molecule has 0 spiro atoms. The lowest BCUT2D eigenvalue weighted by atomic mass is 9.44. The monoisotopic (exact) mass is 379 g/mol. The summed E-state index contributed by atoms with van der Waals surface area (Å²) in [6.45, 7) is 13.0. The topological polar surface area (TPSA) is 30.5 Å². The van der Waals surface area contributed by atoms with E-state index in [2.05, 4.69) is 75.5 Å². The largest absolute Gasteiger partial charge is 0.465 e. The lowest BCUT2D eigenvalue weighted by molar-refractivity contribution is -0.0661. The van der Waals surface area contributed by atoms with Crippen LogP contribution in [0.15, 0.2) is 48.5 Å². The normalized spacial score (nSPS) is 26.5. The van der Waals surface area contributed by atoms with Gasteiger partial charge in [-0.05, 0) is 54.0 Å². The summed E-state index contributed by atoms with van der Waals surface area (Å²) in [5.74, 6) is 0.906. The Morgan fingerprint density at radius 3 is 2.46 bits per heavy atom. The molecule has 0 aromatic heterocycles. The highest BCUT2D eigenvalue weighted by Crippen LogP contribution is 2.63. The zero-order valence-electron chi connectivity index (χ0n) is 17.8. The van der Waals surface area contributed by atoms with Gasteiger partial charge >= 0.3 is 0 Å². The molecule has 4 rings (SSSR count). The zero-order valence-corrected chi connectivity index (χ0v) is 17.8. The Kier molecular flexibility index (Phi) is 4.79. The fourth-order valence-corrected chi connectivity index (χ4v) is 5.01. The molecule has 0 saturated carbocycles. The van der Waals surface area contributed by atoms with E-state index in [-0.39, 0.29) is 17.2 Å². The summed E-state index contributed by atoms with van der Waals surface area (Å²) in [4.78, 5) is 0. The molecule has 1 fully saturated rings. The Balaban J connectivity index is 1.38. The van der Waals surface area contributed by atoms with E-state index in [1.54, 1.807) is 0 Å². The molecule has 2 aliphatic rings. The molecule has 3 nitrogen and oxygen atoms in total. The van der Waals surface area contributed by atoms with Crippen molar-refractivity contribution in [3.8, 4) is 5.75 Å². The molecule has 0 radical (unpaired) electrons. The molecule has 150 valence electrons. The molecule has 1 saturated heterocycles. The molecule has 2 aromatic rings. The van der Waals surface area contributed by atoms with E-state index in [1.807, 2.05) is 13.0 Å². The summed E-state index contributed by atoms with van der Waals surface area (Å²) < 4.78 is 11.9. The van der Waals surface area contributed by atoms with Crippen LogP contribution in [0.4, 0.5) is 0 Å². The van der Waals surface area contributed by atoms with E-state index in [1.165, 1.54) is 16.7 Å². The minimum Gasteiger partial charge on any atom is -0.465 e. The lowest BCUT2D eigenvalue weighted by Crippen LogP contribution is -2.78. The first kappa shape index (κ1) is 19.5. The average molecular weight is 380 g/mol. The van der Waals surface area contributed by atoms with Gasteiger partial charge in [0.2, 0.25) is 0 Å². The van der Waals surface area contributed by atoms with Gasteiger partial charge < -0.3 is 14.8 Å². The molecule has 2 aromatic carbocycles. The summed E-state index contributed by atoms with van der Waals surface area (Å²) in [6, 6.07) is 17.0. The summed E-state index contributed by atoms with van der Waals surface area (Å²) >= 11 is 0. The van der Waals surface area contributed by atoms with Crippen LogP contribution >= 0.6 is 0 Å². The minimum atomic E-state index is -0.256. The van der Waals surface area contributed by atoms with E-state index < -0.39 is 0 Å². The van der Waals surface area contributed by atoms with Crippen molar-refractivity contribution in [1.82, 2.24) is 5.32 Å². The number of fused-ring (bicyclic) bond motifs is 4. The van der Waals surface area contributed by atoms with Crippen LogP contribution in [0.3, 0.4) is 0 Å². The number of ether oxygens (including phenoxy) is 2. The SMILES string of the molecule is CC(OCCc1ccccc1)Oc1ccc2c(c1)C1(C)CNC21CC(C)(C)C. The minimum absolute atomic E-state index is 0.136. The Labute approximate surface area is 169 Å². The number of hydrogen-bond acceptors (Lipinski definition) is 3. The van der Waals surface area contributed by atoms with Gasteiger partial charge in [0, 0.05) is 12.0 Å². The van der Waals surface area contributed by atoms with Gasteiger partial charge in [0.1, 0.15) is 5.75 Å². The quantitative estimate of drug-likeness (QED) is 0.673. The fourth-order valence-electron chi connectivity index (χ4n) is 5.01. The van der Waals surface area contributed by atoms with E-state index >= 15 is 0 Å². The molecule has 28 heavy (non-hydrogen) atoms. The second-order valence-electron chi connectivity index (χ2n) is 9.83. The smallest absolute Gasteiger partial charge is 0.196 e. The van der Waals surface area contributed by atoms with Crippen molar-refractivity contribution in [2.45, 2.75) is 64.7 Å². The Bertz CT molecular complexity index is 841. The van der Waals surface area contributed by atoms with Gasteiger partial charge in [-0.25, -0.2) is 0 Å². The molecule has 3 atom stereocenters. The van der Waals surface area contributed by atoms with Crippen LogP contribution in [-0.2, 0) is 22.1 Å². The molecule has 1 N–H and O–H groups in total. The van der Waals surface area contributed by atoms with Crippen molar-refractivity contribution in [2.24, 2.45) is 5.41 Å². The molecular weight excluding hydrogens is 346 g/mol. The molecule has 1 aliphatic heterocycles. The van der Waals surface area contributed by atoms with Crippen LogP contribution in [-0.4, -0.2) is 19.4 Å². The van der Waals surface area contributed by atoms with E-state index in [4.69, 9.17) is 9.47 Å². The van der Waals surface area contributed by atoms with Crippen LogP contribution in [0.1, 0.15) is 57.7 Å². The van der Waals surface area contributed by atoms with Crippen LogP contribution in [0.5, 0.6) is 5.75 Å². The predicted octanol–water partition coefficient (Wildman–Crippen LogP) is 5.18. The highest BCUT2D eigenvalue weighted by atomic mass is 16.7. The standard InChI is InChI=1S/C25H33NO2/c1-18(27-14-13-19-9-7-6-8-10-19)28-20-11-12-21-22(15-20)24(5)17-26-25(21,24)16-23(2,3)4/h6-12,15,18,26H,13-14,16-17H2,1-5H3. The van der Waals surface area contributed by atoms with Crippen LogP contribution in [0.25, 0.3) is 0 Å². The third-order valence-electron chi connectivity index (χ3n) is 6.41. The van der Waals surface area contributed by atoms with Crippen molar-refractivity contribution >= 4 is 0 Å². The van der Waals surface area contributed by atoms with Crippen molar-refractivity contribution < 1.29 is 9.47 Å². The first-order valence-electron chi connectivity index (χ1n) is 10.5. The molecule has 1 aliphatic carbocycles. The average Bonchev–Trinajstić information content (AvgIpc) is 2.65. The second-order valence-corrected chi connectivity index (χ2v) is 9.83. The first-order valence-corrected chi connectivity index (χ1v) is 10.5. The maximum atomic E-state index is 6.07. The summed E-state index contributed by atoms with van der Waals surface area (Å²) in [7, 11) is 0. The lowest BCUT2D eigenvalue weighted by Gasteiger charge is -2.69. The van der Waals surface area contributed by atoms with Gasteiger partial charge in [-0.2, -0.15) is 0 Å². The molecule has 0 bridgehead atoms. The zero-order chi connectivity index (χ0) is 20.0. The van der Waals surface area contributed by atoms with Crippen LogP contribution in [0.2, 0.25) is 0 Å². The molecule has 3 heteroatoms. The van der Waals surface area contributed by atoms with E-state index in [0.717, 1.165) is 25.1 Å². The van der Waals surface area contributed by atoms with Crippen molar-refractivity contribution in [1.29, 1.82) is 0 Å². The Hall–Kier alpha value is -1.84. The predicted molar refractivity (Wildman–Crippen MR) is 114 cm³/mol. The Morgan fingerprint density at radius 2 is 1.82 bits per heavy atom. The highest BCUT2D eigenvalue weighted by molar-refractivity contribution is 5.60. The third kappa shape index (κ3) is 3.25. The fraction of sp³-hybridized carbons (Fsp3) is 0.520. The highest BCUT2D eigenvalue weighted by Gasteiger charge is 2.67. The number of benzene rings is 2. The number of nitrogens with one attached hydrogen (secondary N) is 1. The second kappa shape index (κ2) is 6.89. The summed E-state index contributed by atoms with van der Waals surface area (Å²) in [6.07, 6.45) is 1.80. The van der Waals surface area contributed by atoms with E-state index in [0.29, 0.717) is 12.0 Å².